The zero-order valence-electron chi connectivity index (χ0n) is 16.1. The molecular weight excluding hydrogens is 372 g/mol. The molecule has 5 nitrogen and oxygen atoms in total. The van der Waals surface area contributed by atoms with Crippen molar-refractivity contribution >= 4 is 9.84 Å². The molecule has 1 heterocycles. The number of rotatable bonds is 4. The molecule has 0 aliphatic rings. The average molecular weight is 392 g/mol. The number of ether oxygens (including phenoxy) is 1. The fourth-order valence-electron chi connectivity index (χ4n) is 3.04. The van der Waals surface area contributed by atoms with Crippen molar-refractivity contribution in [2.75, 3.05) is 13.4 Å². The Bertz CT molecular complexity index is 1210. The fraction of sp³-hybridized carbons (Fsp3) is 0.182. The molecule has 0 aliphatic carbocycles. The van der Waals surface area contributed by atoms with Crippen LogP contribution in [0.5, 0.6) is 5.75 Å². The number of aryl methyl sites for hydroxylation is 2. The van der Waals surface area contributed by atoms with E-state index in [0.717, 1.165) is 16.7 Å². The van der Waals surface area contributed by atoms with Gasteiger partial charge in [0.25, 0.3) is 0 Å². The number of nitrogens with zero attached hydrogens (tertiary/aromatic N) is 2. The van der Waals surface area contributed by atoms with Gasteiger partial charge in [0.05, 0.1) is 17.6 Å². The molecule has 0 fully saturated rings. The second-order valence-corrected chi connectivity index (χ2v) is 8.71. The van der Waals surface area contributed by atoms with Crippen LogP contribution in [0.1, 0.15) is 16.7 Å². The van der Waals surface area contributed by atoms with E-state index in [9.17, 15) is 13.7 Å². The van der Waals surface area contributed by atoms with Crippen molar-refractivity contribution < 1.29 is 13.2 Å². The third-order valence-electron chi connectivity index (χ3n) is 4.70. The van der Waals surface area contributed by atoms with Crippen LogP contribution in [0, 0.1) is 25.2 Å². The minimum atomic E-state index is -3.44. The number of sulfone groups is 1. The van der Waals surface area contributed by atoms with E-state index in [1.54, 1.807) is 18.3 Å². The molecule has 142 valence electrons. The first-order chi connectivity index (χ1) is 13.2. The van der Waals surface area contributed by atoms with Gasteiger partial charge in [-0.15, -0.1) is 0 Å². The maximum atomic E-state index is 12.2. The number of benzene rings is 2. The Morgan fingerprint density at radius 2 is 1.75 bits per heavy atom. The van der Waals surface area contributed by atoms with E-state index in [1.165, 1.54) is 25.6 Å². The summed E-state index contributed by atoms with van der Waals surface area (Å²) >= 11 is 0. The normalized spacial score (nSPS) is 11.1. The highest BCUT2D eigenvalue weighted by Crippen LogP contribution is 2.41. The molecule has 0 amide bonds. The molecule has 0 N–H and O–H groups in total. The molecule has 0 bridgehead atoms. The van der Waals surface area contributed by atoms with Crippen molar-refractivity contribution in [3.63, 3.8) is 0 Å². The maximum Gasteiger partial charge on any atom is 0.175 e. The maximum absolute atomic E-state index is 12.2. The summed E-state index contributed by atoms with van der Waals surface area (Å²) in [6.07, 6.45) is 4.30. The molecule has 0 unspecified atom stereocenters. The summed E-state index contributed by atoms with van der Waals surface area (Å²) in [5.41, 5.74) is 5.61. The van der Waals surface area contributed by atoms with Gasteiger partial charge in [0.15, 0.2) is 9.84 Å². The van der Waals surface area contributed by atoms with Gasteiger partial charge in [-0.2, -0.15) is 5.26 Å². The molecule has 0 saturated carbocycles. The van der Waals surface area contributed by atoms with Crippen LogP contribution in [0.4, 0.5) is 0 Å². The molecule has 2 aromatic carbocycles. The minimum Gasteiger partial charge on any atom is -0.496 e. The van der Waals surface area contributed by atoms with E-state index in [2.05, 4.69) is 11.1 Å². The van der Waals surface area contributed by atoms with Crippen molar-refractivity contribution in [3.05, 3.63) is 65.5 Å². The monoisotopic (exact) mass is 392 g/mol. The zero-order chi connectivity index (χ0) is 20.5. The molecule has 0 aliphatic heterocycles. The number of hydrogen-bond donors (Lipinski definition) is 0. The van der Waals surface area contributed by atoms with E-state index in [0.29, 0.717) is 28.0 Å². The summed E-state index contributed by atoms with van der Waals surface area (Å²) in [5, 5.41) is 9.24. The largest absolute Gasteiger partial charge is 0.496 e. The predicted molar refractivity (Wildman–Crippen MR) is 109 cm³/mol. The standard InChI is InChI=1S/C22H20N2O3S/c1-14-5-6-17(7-15(14)2)20-9-19(28(4,25)26)10-21(27-3)22(20)18-8-16(11-23)12-24-13-18/h5-10,12-13H,1-4H3. The predicted octanol–water partition coefficient (Wildman–Crippen LogP) is 4.32. The van der Waals surface area contributed by atoms with Crippen LogP contribution in [0.15, 0.2) is 53.7 Å². The smallest absolute Gasteiger partial charge is 0.175 e. The molecule has 0 atom stereocenters. The van der Waals surface area contributed by atoms with E-state index >= 15 is 0 Å². The van der Waals surface area contributed by atoms with Crippen molar-refractivity contribution in [1.82, 2.24) is 4.98 Å². The Hall–Kier alpha value is -3.17. The molecule has 3 aromatic rings. The summed E-state index contributed by atoms with van der Waals surface area (Å²) in [6, 6.07) is 12.9. The van der Waals surface area contributed by atoms with Gasteiger partial charge in [-0.3, -0.25) is 4.98 Å². The lowest BCUT2D eigenvalue weighted by atomic mass is 9.92. The van der Waals surface area contributed by atoms with Gasteiger partial charge < -0.3 is 4.74 Å². The van der Waals surface area contributed by atoms with Crippen molar-refractivity contribution in [3.8, 4) is 34.1 Å². The second-order valence-electron chi connectivity index (χ2n) is 6.69. The summed E-state index contributed by atoms with van der Waals surface area (Å²) < 4.78 is 30.0. The first kappa shape index (κ1) is 19.6. The molecule has 6 heteroatoms. The summed E-state index contributed by atoms with van der Waals surface area (Å²) in [5.74, 6) is 0.410. The summed E-state index contributed by atoms with van der Waals surface area (Å²) in [4.78, 5) is 4.32. The molecule has 1 aromatic heterocycles. The molecule has 28 heavy (non-hydrogen) atoms. The van der Waals surface area contributed by atoms with Gasteiger partial charge >= 0.3 is 0 Å². The third kappa shape index (κ3) is 3.75. The van der Waals surface area contributed by atoms with Crippen LogP contribution in [0.25, 0.3) is 22.3 Å². The van der Waals surface area contributed by atoms with Gasteiger partial charge in [0, 0.05) is 29.8 Å². The van der Waals surface area contributed by atoms with E-state index in [4.69, 9.17) is 4.74 Å². The quantitative estimate of drug-likeness (QED) is 0.661. The Labute approximate surface area is 165 Å². The number of nitriles is 1. The van der Waals surface area contributed by atoms with Crippen LogP contribution in [-0.2, 0) is 9.84 Å². The Morgan fingerprint density at radius 3 is 2.36 bits per heavy atom. The van der Waals surface area contributed by atoms with Crippen LogP contribution in [0.3, 0.4) is 0 Å². The third-order valence-corrected chi connectivity index (χ3v) is 5.79. The van der Waals surface area contributed by atoms with Crippen molar-refractivity contribution in [1.29, 1.82) is 5.26 Å². The Kier molecular flexibility index (Phi) is 5.21. The highest BCUT2D eigenvalue weighted by molar-refractivity contribution is 7.90. The van der Waals surface area contributed by atoms with Crippen LogP contribution < -0.4 is 4.74 Å². The highest BCUT2D eigenvalue weighted by atomic mass is 32.2. The minimum absolute atomic E-state index is 0.172. The van der Waals surface area contributed by atoms with Crippen molar-refractivity contribution in [2.45, 2.75) is 18.7 Å². The van der Waals surface area contributed by atoms with E-state index in [-0.39, 0.29) is 4.90 Å². The van der Waals surface area contributed by atoms with Crippen LogP contribution in [-0.4, -0.2) is 26.8 Å². The number of pyridine rings is 1. The second kappa shape index (κ2) is 7.45. The van der Waals surface area contributed by atoms with E-state index < -0.39 is 9.84 Å². The first-order valence-electron chi connectivity index (χ1n) is 8.60. The van der Waals surface area contributed by atoms with Crippen molar-refractivity contribution in [2.24, 2.45) is 0 Å². The van der Waals surface area contributed by atoms with Crippen LogP contribution in [0.2, 0.25) is 0 Å². The average Bonchev–Trinajstić information content (AvgIpc) is 2.68. The summed E-state index contributed by atoms with van der Waals surface area (Å²) in [7, 11) is -1.95. The molecule has 0 spiro atoms. The first-order valence-corrected chi connectivity index (χ1v) is 10.5. The van der Waals surface area contributed by atoms with Gasteiger partial charge in [-0.25, -0.2) is 8.42 Å². The number of hydrogen-bond acceptors (Lipinski definition) is 5. The zero-order valence-corrected chi connectivity index (χ0v) is 17.0. The van der Waals surface area contributed by atoms with Gasteiger partial charge in [0.1, 0.15) is 11.8 Å². The number of methoxy groups -OCH3 is 1. The fourth-order valence-corrected chi connectivity index (χ4v) is 3.69. The topological polar surface area (TPSA) is 80.1 Å². The highest BCUT2D eigenvalue weighted by Gasteiger charge is 2.20. The number of aromatic nitrogens is 1. The lowest BCUT2D eigenvalue weighted by Gasteiger charge is -2.17. The Morgan fingerprint density at radius 1 is 1.00 bits per heavy atom. The van der Waals surface area contributed by atoms with E-state index in [1.807, 2.05) is 32.0 Å². The van der Waals surface area contributed by atoms with Crippen LogP contribution >= 0.6 is 0 Å². The molecule has 3 rings (SSSR count). The lowest BCUT2D eigenvalue weighted by molar-refractivity contribution is 0.415. The lowest BCUT2D eigenvalue weighted by Crippen LogP contribution is -2.01. The van der Waals surface area contributed by atoms with Gasteiger partial charge in [-0.05, 0) is 54.3 Å². The molecular formula is C22H20N2O3S. The van der Waals surface area contributed by atoms with Gasteiger partial charge in [-0.1, -0.05) is 18.2 Å². The SMILES string of the molecule is COc1cc(S(C)(=O)=O)cc(-c2ccc(C)c(C)c2)c1-c1cncc(C#N)c1. The Balaban J connectivity index is 2.42. The molecule has 0 saturated heterocycles. The van der Waals surface area contributed by atoms with Gasteiger partial charge in [0.2, 0.25) is 0 Å². The summed E-state index contributed by atoms with van der Waals surface area (Å²) in [6.45, 7) is 4.03. The molecule has 0 radical (unpaired) electrons.